The second kappa shape index (κ2) is 9.35. The second-order valence-corrected chi connectivity index (χ2v) is 15.0. The zero-order valence-corrected chi connectivity index (χ0v) is 26.7. The Morgan fingerprint density at radius 3 is 1.49 bits per heavy atom. The Bertz CT molecular complexity index is 1510. The molecule has 0 saturated heterocycles. The van der Waals surface area contributed by atoms with Crippen molar-refractivity contribution >= 4 is 5.69 Å². The van der Waals surface area contributed by atoms with E-state index in [0.29, 0.717) is 5.41 Å². The van der Waals surface area contributed by atoms with Crippen molar-refractivity contribution in [1.82, 2.24) is 0 Å². The smallest absolute Gasteiger partial charge is 0.0478 e. The number of rotatable bonds is 5. The van der Waals surface area contributed by atoms with Crippen molar-refractivity contribution in [1.29, 1.82) is 0 Å². The summed E-state index contributed by atoms with van der Waals surface area (Å²) >= 11 is 0. The summed E-state index contributed by atoms with van der Waals surface area (Å²) in [6, 6.07) is 32.8. The zero-order chi connectivity index (χ0) is 29.4. The van der Waals surface area contributed by atoms with Gasteiger partial charge in [-0.2, -0.15) is 0 Å². The summed E-state index contributed by atoms with van der Waals surface area (Å²) in [5, 5.41) is 0. The number of hydrogen-bond donors (Lipinski definition) is 0. The van der Waals surface area contributed by atoms with Crippen LogP contribution in [-0.4, -0.2) is 12.6 Å². The monoisotopic (exact) mass is 541 g/mol. The molecule has 1 aliphatic heterocycles. The minimum absolute atomic E-state index is 0.142. The molecular weight excluding hydrogens is 494 g/mol. The number of fused-ring (bicyclic) bond motifs is 3. The van der Waals surface area contributed by atoms with Gasteiger partial charge in [0.05, 0.1) is 0 Å². The van der Waals surface area contributed by atoms with Crippen LogP contribution in [0, 0.1) is 0 Å². The van der Waals surface area contributed by atoms with E-state index in [9.17, 15) is 0 Å². The number of benzene rings is 4. The van der Waals surface area contributed by atoms with Crippen LogP contribution in [0.4, 0.5) is 5.69 Å². The van der Waals surface area contributed by atoms with Crippen LogP contribution in [0.3, 0.4) is 0 Å². The van der Waals surface area contributed by atoms with Crippen LogP contribution in [0.1, 0.15) is 91.3 Å². The molecule has 6 rings (SSSR count). The summed E-state index contributed by atoms with van der Waals surface area (Å²) in [6.07, 6.45) is 3.79. The normalized spacial score (nSPS) is 21.5. The van der Waals surface area contributed by atoms with E-state index in [2.05, 4.69) is 152 Å². The molecule has 212 valence electrons. The van der Waals surface area contributed by atoms with Crippen molar-refractivity contribution in [2.75, 3.05) is 11.9 Å². The van der Waals surface area contributed by atoms with Crippen LogP contribution in [0.25, 0.3) is 33.4 Å². The summed E-state index contributed by atoms with van der Waals surface area (Å²) < 4.78 is 0. The van der Waals surface area contributed by atoms with Gasteiger partial charge in [-0.1, -0.05) is 116 Å². The van der Waals surface area contributed by atoms with Crippen molar-refractivity contribution in [3.8, 4) is 33.4 Å². The fourth-order valence-electron chi connectivity index (χ4n) is 7.40. The van der Waals surface area contributed by atoms with Crippen LogP contribution < -0.4 is 4.90 Å². The summed E-state index contributed by atoms with van der Waals surface area (Å²) in [6.45, 7) is 18.5. The van der Waals surface area contributed by atoms with Crippen molar-refractivity contribution in [2.24, 2.45) is 0 Å². The van der Waals surface area contributed by atoms with Crippen molar-refractivity contribution in [3.05, 3.63) is 102 Å². The highest BCUT2D eigenvalue weighted by atomic mass is 15.3. The Morgan fingerprint density at radius 2 is 1.05 bits per heavy atom. The van der Waals surface area contributed by atoms with Gasteiger partial charge in [-0.25, -0.2) is 0 Å². The maximum atomic E-state index is 2.57. The lowest BCUT2D eigenvalue weighted by Gasteiger charge is -2.24. The summed E-state index contributed by atoms with van der Waals surface area (Å²) in [5.41, 5.74) is 14.2. The third-order valence-corrected chi connectivity index (χ3v) is 10.3. The fraction of sp³-hybridized carbons (Fsp3) is 0.400. The lowest BCUT2D eigenvalue weighted by molar-refractivity contribution is 0.535. The van der Waals surface area contributed by atoms with E-state index in [1.54, 1.807) is 5.56 Å². The number of anilines is 1. The molecule has 1 nitrogen and oxygen atoms in total. The molecule has 0 amide bonds. The molecule has 0 N–H and O–H groups in total. The number of hydrogen-bond acceptors (Lipinski definition) is 1. The highest BCUT2D eigenvalue weighted by Gasteiger charge is 2.71. The van der Waals surface area contributed by atoms with Crippen LogP contribution >= 0.6 is 0 Å². The predicted octanol–water partition coefficient (Wildman–Crippen LogP) is 10.9. The predicted molar refractivity (Wildman–Crippen MR) is 178 cm³/mol. The summed E-state index contributed by atoms with van der Waals surface area (Å²) in [5.74, 6) is 0. The molecule has 41 heavy (non-hydrogen) atoms. The van der Waals surface area contributed by atoms with Crippen LogP contribution in [0.2, 0.25) is 0 Å². The Labute approximate surface area is 248 Å². The molecule has 1 heterocycles. The molecule has 4 aromatic carbocycles. The van der Waals surface area contributed by atoms with Gasteiger partial charge in [0.2, 0.25) is 0 Å². The van der Waals surface area contributed by atoms with Gasteiger partial charge in [0.15, 0.2) is 0 Å². The highest BCUT2D eigenvalue weighted by molar-refractivity contribution is 5.84. The molecule has 0 radical (unpaired) electrons. The standard InChI is InChI=1S/C40H47N/c1-10-21-40-26-39(40,8)41(9)36-25-29(15-20-35(36)40)32-23-30(27-11-16-33(17-12-27)37(2,3)4)22-31(24-32)28-13-18-34(19-14-28)38(5,6)7/h11-20,22-25H,10,21,26H2,1-9H3. The van der Waals surface area contributed by atoms with Crippen molar-refractivity contribution < 1.29 is 0 Å². The molecule has 1 aliphatic carbocycles. The summed E-state index contributed by atoms with van der Waals surface area (Å²) in [7, 11) is 2.31. The minimum atomic E-state index is 0.142. The molecule has 1 heteroatoms. The largest absolute Gasteiger partial charge is 0.368 e. The van der Waals surface area contributed by atoms with E-state index in [1.165, 1.54) is 69.5 Å². The number of likely N-dealkylation sites (N-methyl/N-ethyl adjacent to an activating group) is 1. The Balaban J connectivity index is 1.46. The third kappa shape index (κ3) is 4.53. The zero-order valence-electron chi connectivity index (χ0n) is 26.7. The van der Waals surface area contributed by atoms with E-state index in [1.807, 2.05) is 0 Å². The highest BCUT2D eigenvalue weighted by Crippen LogP contribution is 2.70. The minimum Gasteiger partial charge on any atom is -0.368 e. The second-order valence-electron chi connectivity index (χ2n) is 15.0. The lowest BCUT2D eigenvalue weighted by atomic mass is 9.85. The Morgan fingerprint density at radius 1 is 0.610 bits per heavy atom. The maximum Gasteiger partial charge on any atom is 0.0478 e. The first-order valence-electron chi connectivity index (χ1n) is 15.5. The van der Waals surface area contributed by atoms with Gasteiger partial charge >= 0.3 is 0 Å². The van der Waals surface area contributed by atoms with E-state index in [4.69, 9.17) is 0 Å². The van der Waals surface area contributed by atoms with E-state index < -0.39 is 0 Å². The van der Waals surface area contributed by atoms with Gasteiger partial charge in [-0.15, -0.1) is 0 Å². The van der Waals surface area contributed by atoms with Gasteiger partial charge < -0.3 is 4.90 Å². The topological polar surface area (TPSA) is 3.24 Å². The molecule has 1 saturated carbocycles. The Hall–Kier alpha value is -3.32. The number of nitrogens with zero attached hydrogens (tertiary/aromatic N) is 1. The van der Waals surface area contributed by atoms with Crippen molar-refractivity contribution in [3.63, 3.8) is 0 Å². The molecule has 2 atom stereocenters. The molecule has 2 aliphatic rings. The van der Waals surface area contributed by atoms with E-state index in [-0.39, 0.29) is 16.4 Å². The van der Waals surface area contributed by atoms with Gasteiger partial charge in [-0.3, -0.25) is 0 Å². The molecule has 0 bridgehead atoms. The first-order chi connectivity index (χ1) is 19.3. The van der Waals surface area contributed by atoms with Gasteiger partial charge in [0.1, 0.15) is 0 Å². The molecule has 4 aromatic rings. The molecule has 1 fully saturated rings. The van der Waals surface area contributed by atoms with E-state index in [0.717, 1.165) is 0 Å². The fourth-order valence-corrected chi connectivity index (χ4v) is 7.40. The molecular formula is C40H47N. The maximum absolute atomic E-state index is 2.57. The van der Waals surface area contributed by atoms with Crippen LogP contribution in [-0.2, 0) is 16.2 Å². The quantitative estimate of drug-likeness (QED) is 0.243. The average Bonchev–Trinajstić information content (AvgIpc) is 3.51. The van der Waals surface area contributed by atoms with Gasteiger partial charge in [0.25, 0.3) is 0 Å². The first kappa shape index (κ1) is 27.8. The van der Waals surface area contributed by atoms with E-state index >= 15 is 0 Å². The average molecular weight is 542 g/mol. The van der Waals surface area contributed by atoms with Crippen molar-refractivity contribution in [2.45, 2.75) is 96.4 Å². The lowest BCUT2D eigenvalue weighted by Crippen LogP contribution is -2.31. The molecule has 2 unspecified atom stereocenters. The van der Waals surface area contributed by atoms with Crippen LogP contribution in [0.15, 0.2) is 84.9 Å². The van der Waals surface area contributed by atoms with Gasteiger partial charge in [-0.05, 0) is 105 Å². The third-order valence-electron chi connectivity index (χ3n) is 10.3. The first-order valence-corrected chi connectivity index (χ1v) is 15.5. The van der Waals surface area contributed by atoms with Crippen LogP contribution in [0.5, 0.6) is 0 Å². The van der Waals surface area contributed by atoms with Gasteiger partial charge in [0, 0.05) is 23.7 Å². The molecule has 0 spiro atoms. The molecule has 0 aromatic heterocycles. The SMILES string of the molecule is CCCC12CC1(C)N(C)c1cc(-c3cc(-c4ccc(C(C)(C)C)cc4)cc(-c4ccc(C(C)(C)C)cc4)c3)ccc12. The summed E-state index contributed by atoms with van der Waals surface area (Å²) in [4.78, 5) is 2.57. The Kier molecular flexibility index (Phi) is 6.34.